The van der Waals surface area contributed by atoms with Crippen LogP contribution in [-0.2, 0) is 0 Å². The molecule has 0 bridgehead atoms. The molecule has 0 saturated heterocycles. The molecular weight excluding hydrogens is 239 g/mol. The summed E-state index contributed by atoms with van der Waals surface area (Å²) in [4.78, 5) is 4.16. The van der Waals surface area contributed by atoms with E-state index in [9.17, 15) is 0 Å². The van der Waals surface area contributed by atoms with E-state index in [-0.39, 0.29) is 18.4 Å². The van der Waals surface area contributed by atoms with E-state index in [1.807, 2.05) is 19.1 Å². The number of hydrogen-bond acceptors (Lipinski definition) is 2. The second-order valence-electron chi connectivity index (χ2n) is 2.41. The summed E-state index contributed by atoms with van der Waals surface area (Å²) >= 11 is 3.36. The van der Waals surface area contributed by atoms with Gasteiger partial charge in [-0.2, -0.15) is 0 Å². The van der Waals surface area contributed by atoms with E-state index < -0.39 is 0 Å². The molecule has 0 radical (unpaired) electrons. The van der Waals surface area contributed by atoms with E-state index >= 15 is 0 Å². The van der Waals surface area contributed by atoms with Gasteiger partial charge in [0, 0.05) is 16.7 Å². The largest absolute Gasteiger partial charge is 0.323 e. The van der Waals surface area contributed by atoms with Crippen LogP contribution in [0, 0.1) is 0 Å². The molecule has 2 N–H and O–H groups in total. The fourth-order valence-corrected chi connectivity index (χ4v) is 1.19. The highest BCUT2D eigenvalue weighted by molar-refractivity contribution is 9.10. The third kappa shape index (κ3) is 3.09. The van der Waals surface area contributed by atoms with Crippen molar-refractivity contribution in [3.63, 3.8) is 0 Å². The highest BCUT2D eigenvalue weighted by Crippen LogP contribution is 2.15. The minimum Gasteiger partial charge on any atom is -0.323 e. The highest BCUT2D eigenvalue weighted by atomic mass is 79.9. The smallest absolute Gasteiger partial charge is 0.0582 e. The molecule has 1 heterocycles. The number of rotatable bonds is 2. The first-order chi connectivity index (χ1) is 5.24. The monoisotopic (exact) mass is 250 g/mol. The Balaban J connectivity index is 0.00000121. The van der Waals surface area contributed by atoms with Crippen molar-refractivity contribution in [1.29, 1.82) is 0 Å². The maximum absolute atomic E-state index is 5.78. The van der Waals surface area contributed by atoms with E-state index in [2.05, 4.69) is 20.9 Å². The fraction of sp³-hybridized carbons (Fsp3) is 0.375. The van der Waals surface area contributed by atoms with Gasteiger partial charge in [0.05, 0.1) is 5.69 Å². The number of nitrogens with zero attached hydrogens (tertiary/aromatic N) is 1. The van der Waals surface area contributed by atoms with E-state index in [4.69, 9.17) is 5.73 Å². The Labute approximate surface area is 87.1 Å². The third-order valence-corrected chi connectivity index (χ3v) is 2.06. The first-order valence-corrected chi connectivity index (χ1v) is 4.40. The Morgan fingerprint density at radius 3 is 2.83 bits per heavy atom. The second kappa shape index (κ2) is 5.51. The van der Waals surface area contributed by atoms with Crippen LogP contribution < -0.4 is 5.73 Å². The number of halogens is 2. The first kappa shape index (κ1) is 11.9. The van der Waals surface area contributed by atoms with Gasteiger partial charge in [-0.1, -0.05) is 22.9 Å². The molecule has 0 unspecified atom stereocenters. The molecule has 0 aromatic carbocycles. The zero-order valence-corrected chi connectivity index (χ0v) is 9.23. The zero-order chi connectivity index (χ0) is 8.27. The van der Waals surface area contributed by atoms with Crippen LogP contribution in [0.15, 0.2) is 22.8 Å². The zero-order valence-electron chi connectivity index (χ0n) is 6.83. The van der Waals surface area contributed by atoms with Gasteiger partial charge in [0.2, 0.25) is 0 Å². The van der Waals surface area contributed by atoms with Crippen LogP contribution in [0.1, 0.15) is 25.1 Å². The van der Waals surface area contributed by atoms with Crippen LogP contribution in [0.25, 0.3) is 0 Å². The molecule has 0 fully saturated rings. The van der Waals surface area contributed by atoms with Gasteiger partial charge in [-0.05, 0) is 18.6 Å². The van der Waals surface area contributed by atoms with Crippen molar-refractivity contribution < 1.29 is 0 Å². The van der Waals surface area contributed by atoms with Crippen molar-refractivity contribution >= 4 is 28.3 Å². The Morgan fingerprint density at radius 1 is 1.67 bits per heavy atom. The van der Waals surface area contributed by atoms with Gasteiger partial charge in [0.1, 0.15) is 0 Å². The van der Waals surface area contributed by atoms with Gasteiger partial charge < -0.3 is 5.73 Å². The van der Waals surface area contributed by atoms with E-state index in [1.54, 1.807) is 6.20 Å². The van der Waals surface area contributed by atoms with Gasteiger partial charge in [-0.15, -0.1) is 12.4 Å². The lowest BCUT2D eigenvalue weighted by molar-refractivity contribution is 0.675. The van der Waals surface area contributed by atoms with Crippen molar-refractivity contribution in [2.75, 3.05) is 0 Å². The molecule has 0 aliphatic heterocycles. The van der Waals surface area contributed by atoms with Gasteiger partial charge in [0.15, 0.2) is 0 Å². The molecule has 0 aliphatic carbocycles. The molecule has 12 heavy (non-hydrogen) atoms. The van der Waals surface area contributed by atoms with Crippen molar-refractivity contribution in [1.82, 2.24) is 4.98 Å². The number of aromatic nitrogens is 1. The summed E-state index contributed by atoms with van der Waals surface area (Å²) in [6.45, 7) is 2.05. The third-order valence-electron chi connectivity index (χ3n) is 1.56. The van der Waals surface area contributed by atoms with E-state index in [0.29, 0.717) is 0 Å². The summed E-state index contributed by atoms with van der Waals surface area (Å²) in [6.07, 6.45) is 2.68. The van der Waals surface area contributed by atoms with Crippen molar-refractivity contribution in [3.8, 4) is 0 Å². The molecule has 1 aromatic heterocycles. The van der Waals surface area contributed by atoms with Crippen LogP contribution in [0.3, 0.4) is 0 Å². The summed E-state index contributed by atoms with van der Waals surface area (Å²) in [5.41, 5.74) is 6.73. The predicted molar refractivity (Wildman–Crippen MR) is 56.4 cm³/mol. The van der Waals surface area contributed by atoms with Crippen molar-refractivity contribution in [2.24, 2.45) is 5.73 Å². The molecule has 0 amide bonds. The standard InChI is InChI=1S/C8H11BrN2.ClH/c1-2-7(10)8-5-6(9)3-4-11-8;/h3-5,7H,2,10H2,1H3;1H/t7-;/m1./s1. The molecule has 68 valence electrons. The molecule has 0 saturated carbocycles. The van der Waals surface area contributed by atoms with E-state index in [0.717, 1.165) is 16.6 Å². The molecule has 4 heteroatoms. The Morgan fingerprint density at radius 2 is 2.33 bits per heavy atom. The number of nitrogens with two attached hydrogens (primary N) is 1. The number of pyridine rings is 1. The minimum atomic E-state index is 0. The van der Waals surface area contributed by atoms with Gasteiger partial charge in [0.25, 0.3) is 0 Å². The molecule has 0 aliphatic rings. The van der Waals surface area contributed by atoms with Crippen LogP contribution in [0.5, 0.6) is 0 Å². The quantitative estimate of drug-likeness (QED) is 0.878. The van der Waals surface area contributed by atoms with Gasteiger partial charge >= 0.3 is 0 Å². The van der Waals surface area contributed by atoms with Crippen LogP contribution in [0.2, 0.25) is 0 Å². The number of hydrogen-bond donors (Lipinski definition) is 1. The topological polar surface area (TPSA) is 38.9 Å². The Bertz CT molecular complexity index is 242. The molecule has 0 spiro atoms. The van der Waals surface area contributed by atoms with Crippen molar-refractivity contribution in [2.45, 2.75) is 19.4 Å². The first-order valence-electron chi connectivity index (χ1n) is 3.61. The molecule has 2 nitrogen and oxygen atoms in total. The lowest BCUT2D eigenvalue weighted by Gasteiger charge is -2.06. The van der Waals surface area contributed by atoms with Crippen LogP contribution >= 0.6 is 28.3 Å². The lowest BCUT2D eigenvalue weighted by atomic mass is 10.1. The second-order valence-corrected chi connectivity index (χ2v) is 3.33. The molecule has 1 atom stereocenters. The van der Waals surface area contributed by atoms with E-state index in [1.165, 1.54) is 0 Å². The predicted octanol–water partition coefficient (Wildman–Crippen LogP) is 2.68. The average Bonchev–Trinajstić information content (AvgIpc) is 2.03. The molecule has 1 aromatic rings. The van der Waals surface area contributed by atoms with Crippen LogP contribution in [0.4, 0.5) is 0 Å². The Hall–Kier alpha value is -0.120. The Kier molecular flexibility index (Phi) is 5.46. The molecule has 1 rings (SSSR count). The maximum Gasteiger partial charge on any atom is 0.0582 e. The minimum absolute atomic E-state index is 0. The van der Waals surface area contributed by atoms with Gasteiger partial charge in [-0.25, -0.2) is 0 Å². The van der Waals surface area contributed by atoms with Crippen LogP contribution in [-0.4, -0.2) is 4.98 Å². The summed E-state index contributed by atoms with van der Waals surface area (Å²) in [6, 6.07) is 3.91. The summed E-state index contributed by atoms with van der Waals surface area (Å²) in [5, 5.41) is 0. The highest BCUT2D eigenvalue weighted by Gasteiger charge is 2.03. The van der Waals surface area contributed by atoms with Gasteiger partial charge in [-0.3, -0.25) is 4.98 Å². The average molecular weight is 252 g/mol. The summed E-state index contributed by atoms with van der Waals surface area (Å²) in [5.74, 6) is 0. The fourth-order valence-electron chi connectivity index (χ4n) is 0.833. The normalized spacial score (nSPS) is 11.9. The summed E-state index contributed by atoms with van der Waals surface area (Å²) < 4.78 is 1.03. The maximum atomic E-state index is 5.78. The molecular formula is C8H12BrClN2. The summed E-state index contributed by atoms with van der Waals surface area (Å²) in [7, 11) is 0. The van der Waals surface area contributed by atoms with Crippen molar-refractivity contribution in [3.05, 3.63) is 28.5 Å². The SMILES string of the molecule is CC[C@@H](N)c1cc(Br)ccn1.Cl. The lowest BCUT2D eigenvalue weighted by Crippen LogP contribution is -2.10.